The van der Waals surface area contributed by atoms with Crippen molar-refractivity contribution in [3.05, 3.63) is 65.9 Å². The summed E-state index contributed by atoms with van der Waals surface area (Å²) in [7, 11) is 0. The van der Waals surface area contributed by atoms with Crippen LogP contribution in [0, 0.1) is 0 Å². The molecule has 2 aromatic carbocycles. The summed E-state index contributed by atoms with van der Waals surface area (Å²) in [6, 6.07) is 15.3. The van der Waals surface area contributed by atoms with Gasteiger partial charge in [0, 0.05) is 37.7 Å². The molecule has 0 radical (unpaired) electrons. The molecule has 0 aliphatic carbocycles. The van der Waals surface area contributed by atoms with E-state index in [0.29, 0.717) is 28.2 Å². The number of aromatic amines is 1. The number of aromatic nitrogens is 1. The minimum atomic E-state index is -2.18. The smallest absolute Gasteiger partial charge is 0.129 e. The van der Waals surface area contributed by atoms with Gasteiger partial charge in [0.1, 0.15) is 12.4 Å². The number of likely N-dealkylation sites (tertiary alicyclic amines) is 1. The van der Waals surface area contributed by atoms with Crippen LogP contribution in [-0.4, -0.2) is 29.9 Å². The molecule has 3 nitrogen and oxygen atoms in total. The molecular formula is C20H22N2O. The second-order valence-electron chi connectivity index (χ2n) is 5.61. The summed E-state index contributed by atoms with van der Waals surface area (Å²) < 4.78 is 54.7. The second kappa shape index (κ2) is 6.09. The highest BCUT2D eigenvalue weighted by molar-refractivity contribution is 5.89. The number of nitrogens with one attached hydrogen (secondary N) is 1. The van der Waals surface area contributed by atoms with Crippen molar-refractivity contribution in [1.82, 2.24) is 9.88 Å². The van der Waals surface area contributed by atoms with Crippen LogP contribution in [-0.2, 0) is 6.61 Å². The number of benzene rings is 2. The minimum Gasteiger partial charge on any atom is -0.488 e. The zero-order valence-corrected chi connectivity index (χ0v) is 12.6. The Morgan fingerprint density at radius 2 is 2.17 bits per heavy atom. The van der Waals surface area contributed by atoms with Gasteiger partial charge < -0.3 is 14.6 Å². The van der Waals surface area contributed by atoms with Crippen molar-refractivity contribution >= 4 is 10.9 Å². The predicted octanol–water partition coefficient (Wildman–Crippen LogP) is 4.17. The van der Waals surface area contributed by atoms with Gasteiger partial charge in [-0.2, -0.15) is 0 Å². The molecule has 0 saturated carbocycles. The predicted molar refractivity (Wildman–Crippen MR) is 93.9 cm³/mol. The van der Waals surface area contributed by atoms with Gasteiger partial charge in [-0.05, 0) is 43.2 Å². The molecule has 4 rings (SSSR count). The van der Waals surface area contributed by atoms with E-state index in [9.17, 15) is 0 Å². The molecule has 118 valence electrons. The number of fused-ring (bicyclic) bond motifs is 1. The maximum atomic E-state index is 8.50. The summed E-state index contributed by atoms with van der Waals surface area (Å²) in [5.41, 5.74) is 2.38. The van der Waals surface area contributed by atoms with Gasteiger partial charge in [-0.25, -0.2) is 0 Å². The number of hydrogen-bond acceptors (Lipinski definition) is 2. The molecule has 1 N–H and O–H groups in total. The lowest BCUT2D eigenvalue weighted by Gasteiger charge is -2.13. The van der Waals surface area contributed by atoms with Crippen molar-refractivity contribution in [2.24, 2.45) is 0 Å². The molecule has 2 heterocycles. The second-order valence-corrected chi connectivity index (χ2v) is 5.61. The average molecular weight is 312 g/mol. The third-order valence-corrected chi connectivity index (χ3v) is 4.07. The quantitative estimate of drug-likeness (QED) is 0.783. The first-order chi connectivity index (χ1) is 13.7. The maximum Gasteiger partial charge on any atom is 0.129 e. The van der Waals surface area contributed by atoms with Crippen molar-refractivity contribution in [2.75, 3.05) is 20.0 Å². The topological polar surface area (TPSA) is 28.3 Å². The molecule has 0 spiro atoms. The van der Waals surface area contributed by atoms with E-state index in [2.05, 4.69) is 4.98 Å². The lowest BCUT2D eigenvalue weighted by Crippen LogP contribution is -2.13. The Bertz CT molecular complexity index is 1000. The number of H-pyrrole nitrogens is 1. The molecule has 1 aliphatic rings. The van der Waals surface area contributed by atoms with Crippen molar-refractivity contribution in [3.8, 4) is 5.75 Å². The van der Waals surface area contributed by atoms with Crippen molar-refractivity contribution in [2.45, 2.75) is 18.9 Å². The number of hydrogen-bond donors (Lipinski definition) is 1. The van der Waals surface area contributed by atoms with Crippen molar-refractivity contribution in [3.63, 3.8) is 0 Å². The number of likely N-dealkylation sites (N-methyl/N-ethyl adjacent to an activating group) is 1. The summed E-state index contributed by atoms with van der Waals surface area (Å²) in [5, 5.41) is 0.710. The summed E-state index contributed by atoms with van der Waals surface area (Å²) in [6.07, 6.45) is 1.54. The first-order valence-electron chi connectivity index (χ1n) is 10.8. The molecular weight excluding hydrogens is 284 g/mol. The minimum absolute atomic E-state index is 0.145. The van der Waals surface area contributed by atoms with Gasteiger partial charge >= 0.3 is 0 Å². The standard InChI is InChI=1S/C20H22N2O/c1-22-11-10-16(13-22)17-12-21-18-8-5-9-19(20(17)18)23-14-15-6-3-2-4-7-15/h2-9,12,16,21H,10-11,13-14H2,1H3/i1D2,11D2,13D2. The van der Waals surface area contributed by atoms with Crippen LogP contribution in [0.2, 0.25) is 0 Å². The molecule has 0 amide bonds. The molecule has 1 fully saturated rings. The van der Waals surface area contributed by atoms with Crippen LogP contribution in [0.5, 0.6) is 5.75 Å². The van der Waals surface area contributed by atoms with Crippen LogP contribution in [0.15, 0.2) is 54.7 Å². The van der Waals surface area contributed by atoms with Crippen LogP contribution in [0.25, 0.3) is 10.9 Å². The average Bonchev–Trinajstić information content (AvgIpc) is 3.16. The Morgan fingerprint density at radius 1 is 1.26 bits per heavy atom. The SMILES string of the molecule is [2H]C([2H])N1C([2H])([2H])CC(c2c[nH]c3cccc(OCc4ccccc4)c23)C1([2H])[2H]. The Balaban J connectivity index is 1.73. The molecule has 3 aromatic rings. The zero-order valence-electron chi connectivity index (χ0n) is 18.6. The van der Waals surface area contributed by atoms with Gasteiger partial charge in [0.05, 0.1) is 0 Å². The molecule has 1 aromatic heterocycles. The summed E-state index contributed by atoms with van der Waals surface area (Å²) in [6.45, 7) is -5.66. The van der Waals surface area contributed by atoms with E-state index in [1.807, 2.05) is 48.5 Å². The molecule has 1 atom stereocenters. The van der Waals surface area contributed by atoms with E-state index in [1.54, 1.807) is 6.20 Å². The van der Waals surface area contributed by atoms with Crippen molar-refractivity contribution < 1.29 is 13.0 Å². The van der Waals surface area contributed by atoms with Gasteiger partial charge in [0.2, 0.25) is 0 Å². The van der Waals surface area contributed by atoms with E-state index in [0.717, 1.165) is 11.1 Å². The van der Waals surface area contributed by atoms with Crippen LogP contribution >= 0.6 is 0 Å². The fraction of sp³-hybridized carbons (Fsp3) is 0.300. The van der Waals surface area contributed by atoms with Gasteiger partial charge in [-0.1, -0.05) is 36.4 Å². The Labute approximate surface area is 145 Å². The van der Waals surface area contributed by atoms with Crippen LogP contribution in [0.3, 0.4) is 0 Å². The van der Waals surface area contributed by atoms with Crippen LogP contribution in [0.4, 0.5) is 0 Å². The van der Waals surface area contributed by atoms with E-state index < -0.39 is 25.9 Å². The monoisotopic (exact) mass is 312 g/mol. The first-order valence-corrected chi connectivity index (χ1v) is 7.62. The largest absolute Gasteiger partial charge is 0.488 e. The zero-order chi connectivity index (χ0) is 20.8. The number of ether oxygens (including phenoxy) is 1. The Kier molecular flexibility index (Phi) is 2.42. The summed E-state index contributed by atoms with van der Waals surface area (Å²) in [5.74, 6) is -0.253. The fourth-order valence-corrected chi connectivity index (χ4v) is 2.94. The van der Waals surface area contributed by atoms with E-state index >= 15 is 0 Å². The van der Waals surface area contributed by atoms with Gasteiger partial charge in [0.25, 0.3) is 0 Å². The molecule has 0 bridgehead atoms. The molecule has 1 unspecified atom stereocenters. The fourth-order valence-electron chi connectivity index (χ4n) is 2.94. The maximum absolute atomic E-state index is 8.50. The van der Waals surface area contributed by atoms with Crippen LogP contribution < -0.4 is 4.74 Å². The third-order valence-electron chi connectivity index (χ3n) is 4.07. The van der Waals surface area contributed by atoms with E-state index in [1.165, 1.54) is 0 Å². The van der Waals surface area contributed by atoms with Gasteiger partial charge in [0.15, 0.2) is 0 Å². The summed E-state index contributed by atoms with van der Waals surface area (Å²) in [4.78, 5) is 3.82. The van der Waals surface area contributed by atoms with Crippen molar-refractivity contribution in [1.29, 1.82) is 0 Å². The highest BCUT2D eigenvalue weighted by atomic mass is 16.5. The Morgan fingerprint density at radius 3 is 3.00 bits per heavy atom. The van der Waals surface area contributed by atoms with Gasteiger partial charge in [-0.3, -0.25) is 0 Å². The Hall–Kier alpha value is -2.26. The lowest BCUT2D eigenvalue weighted by atomic mass is 9.97. The normalized spacial score (nSPS) is 26.9. The summed E-state index contributed by atoms with van der Waals surface area (Å²) >= 11 is 0. The lowest BCUT2D eigenvalue weighted by molar-refractivity contribution is 0.310. The number of rotatable bonds is 4. The highest BCUT2D eigenvalue weighted by Crippen LogP contribution is 2.37. The molecule has 23 heavy (non-hydrogen) atoms. The van der Waals surface area contributed by atoms with Gasteiger partial charge in [-0.15, -0.1) is 0 Å². The van der Waals surface area contributed by atoms with E-state index in [-0.39, 0.29) is 6.42 Å². The molecule has 1 aliphatic heterocycles. The molecule has 3 heteroatoms. The molecule has 1 saturated heterocycles. The highest BCUT2D eigenvalue weighted by Gasteiger charge is 2.24. The third kappa shape index (κ3) is 2.84. The number of nitrogens with zero attached hydrogens (tertiary/aromatic N) is 1. The van der Waals surface area contributed by atoms with E-state index in [4.69, 9.17) is 13.0 Å². The first kappa shape index (κ1) is 9.14. The van der Waals surface area contributed by atoms with Crippen LogP contribution in [0.1, 0.15) is 31.7 Å².